The van der Waals surface area contributed by atoms with Crippen LogP contribution in [0, 0.1) is 43.4 Å². The molecule has 0 aromatic heterocycles. The van der Waals surface area contributed by atoms with Gasteiger partial charge in [-0.15, -0.1) is 0 Å². The van der Waals surface area contributed by atoms with Crippen molar-refractivity contribution in [3.05, 3.63) is 28.8 Å². The topological polar surface area (TPSA) is 29.5 Å². The van der Waals surface area contributed by atoms with Gasteiger partial charge in [-0.25, -0.2) is 0 Å². The van der Waals surface area contributed by atoms with E-state index in [2.05, 4.69) is 26.0 Å². The number of ether oxygens (including phenoxy) is 1. The third kappa shape index (κ3) is 1.60. The minimum Gasteiger partial charge on any atom is -0.496 e. The van der Waals surface area contributed by atoms with Crippen LogP contribution in [0.15, 0.2) is 12.1 Å². The number of aliphatic hydroxyl groups is 1. The number of hydrogen-bond acceptors (Lipinski definition) is 2. The minimum absolute atomic E-state index is 0.330. The van der Waals surface area contributed by atoms with Crippen LogP contribution in [0.3, 0.4) is 0 Å². The van der Waals surface area contributed by atoms with Gasteiger partial charge >= 0.3 is 0 Å². The lowest BCUT2D eigenvalue weighted by Crippen LogP contribution is -2.11. The van der Waals surface area contributed by atoms with E-state index in [1.165, 1.54) is 30.4 Å². The third-order valence-corrected chi connectivity index (χ3v) is 6.17. The van der Waals surface area contributed by atoms with E-state index in [9.17, 15) is 5.11 Å². The third-order valence-electron chi connectivity index (χ3n) is 6.17. The van der Waals surface area contributed by atoms with Crippen LogP contribution in [-0.2, 0) is 0 Å². The first kappa shape index (κ1) is 12.7. The molecule has 3 saturated carbocycles. The standard InChI is InChI=1S/C18H24O2/c1-9-6-10(2)14(13(7-9)20-3)18(19)17-15-11-4-5-12(8-11)16(15)17/h6-7,11-12,15-19H,4-5,8H2,1-3H3. The van der Waals surface area contributed by atoms with E-state index in [4.69, 9.17) is 4.74 Å². The van der Waals surface area contributed by atoms with Gasteiger partial charge in [-0.3, -0.25) is 0 Å². The molecule has 2 bridgehead atoms. The molecular formula is C18H24O2. The van der Waals surface area contributed by atoms with Crippen molar-refractivity contribution in [2.45, 2.75) is 39.2 Å². The van der Waals surface area contributed by atoms with Crippen molar-refractivity contribution in [1.29, 1.82) is 0 Å². The van der Waals surface area contributed by atoms with Gasteiger partial charge in [-0.05, 0) is 79.9 Å². The molecule has 20 heavy (non-hydrogen) atoms. The zero-order valence-electron chi connectivity index (χ0n) is 12.6. The number of aryl methyl sites for hydroxylation is 2. The molecule has 5 unspecified atom stereocenters. The average molecular weight is 272 g/mol. The lowest BCUT2D eigenvalue weighted by molar-refractivity contribution is 0.126. The predicted octanol–water partition coefficient (Wildman–Crippen LogP) is 3.64. The van der Waals surface area contributed by atoms with Crippen LogP contribution in [0.1, 0.15) is 42.1 Å². The summed E-state index contributed by atoms with van der Waals surface area (Å²) in [7, 11) is 1.71. The molecule has 0 heterocycles. The van der Waals surface area contributed by atoms with Crippen LogP contribution in [-0.4, -0.2) is 12.2 Å². The molecule has 1 aromatic rings. The first-order valence-corrected chi connectivity index (χ1v) is 7.95. The molecule has 2 heteroatoms. The van der Waals surface area contributed by atoms with Crippen molar-refractivity contribution in [3.63, 3.8) is 0 Å². The van der Waals surface area contributed by atoms with Crippen molar-refractivity contribution >= 4 is 0 Å². The molecule has 0 radical (unpaired) electrons. The van der Waals surface area contributed by atoms with E-state index in [1.807, 2.05) is 0 Å². The van der Waals surface area contributed by atoms with E-state index in [-0.39, 0.29) is 6.10 Å². The van der Waals surface area contributed by atoms with Crippen molar-refractivity contribution in [2.24, 2.45) is 29.6 Å². The Bertz CT molecular complexity index is 535. The number of fused-ring (bicyclic) bond motifs is 5. The largest absolute Gasteiger partial charge is 0.496 e. The van der Waals surface area contributed by atoms with Crippen molar-refractivity contribution in [1.82, 2.24) is 0 Å². The maximum Gasteiger partial charge on any atom is 0.125 e. The molecule has 2 nitrogen and oxygen atoms in total. The van der Waals surface area contributed by atoms with Gasteiger partial charge in [0.05, 0.1) is 13.2 Å². The summed E-state index contributed by atoms with van der Waals surface area (Å²) < 4.78 is 5.54. The van der Waals surface area contributed by atoms with E-state index >= 15 is 0 Å². The van der Waals surface area contributed by atoms with Gasteiger partial charge in [-0.1, -0.05) is 6.07 Å². The van der Waals surface area contributed by atoms with E-state index in [1.54, 1.807) is 7.11 Å². The fourth-order valence-electron chi connectivity index (χ4n) is 5.49. The van der Waals surface area contributed by atoms with Crippen molar-refractivity contribution in [3.8, 4) is 5.75 Å². The van der Waals surface area contributed by atoms with Crippen LogP contribution in [0.4, 0.5) is 0 Å². The highest BCUT2D eigenvalue weighted by Crippen LogP contribution is 2.72. The quantitative estimate of drug-likeness (QED) is 0.910. The molecule has 0 amide bonds. The van der Waals surface area contributed by atoms with Gasteiger partial charge in [0.1, 0.15) is 5.75 Å². The smallest absolute Gasteiger partial charge is 0.125 e. The summed E-state index contributed by atoms with van der Waals surface area (Å²) in [6.07, 6.45) is 3.91. The van der Waals surface area contributed by atoms with E-state index in [0.29, 0.717) is 5.92 Å². The second-order valence-corrected chi connectivity index (χ2v) is 7.21. The highest BCUT2D eigenvalue weighted by molar-refractivity contribution is 5.45. The number of methoxy groups -OCH3 is 1. The fraction of sp³-hybridized carbons (Fsp3) is 0.667. The Kier molecular flexibility index (Phi) is 2.69. The van der Waals surface area contributed by atoms with Crippen LogP contribution >= 0.6 is 0 Å². The summed E-state index contributed by atoms with van der Waals surface area (Å²) in [5, 5.41) is 10.9. The molecular weight excluding hydrogens is 248 g/mol. The Balaban J connectivity index is 1.66. The fourth-order valence-corrected chi connectivity index (χ4v) is 5.49. The normalized spacial score (nSPS) is 38.7. The van der Waals surface area contributed by atoms with E-state index in [0.717, 1.165) is 35.0 Å². The molecule has 5 atom stereocenters. The molecule has 0 saturated heterocycles. The first-order valence-electron chi connectivity index (χ1n) is 7.95. The van der Waals surface area contributed by atoms with Gasteiger partial charge in [0.25, 0.3) is 0 Å². The molecule has 0 aliphatic heterocycles. The lowest BCUT2D eigenvalue weighted by atomic mass is 9.91. The summed E-state index contributed by atoms with van der Waals surface area (Å²) in [4.78, 5) is 0. The van der Waals surface area contributed by atoms with Crippen LogP contribution in [0.25, 0.3) is 0 Å². The second kappa shape index (κ2) is 4.24. The Morgan fingerprint density at radius 3 is 2.40 bits per heavy atom. The Hall–Kier alpha value is -1.02. The zero-order valence-corrected chi connectivity index (χ0v) is 12.6. The molecule has 4 rings (SSSR count). The summed E-state index contributed by atoms with van der Waals surface area (Å²) in [6, 6.07) is 4.21. The van der Waals surface area contributed by atoms with Crippen LogP contribution < -0.4 is 4.74 Å². The second-order valence-electron chi connectivity index (χ2n) is 7.21. The highest BCUT2D eigenvalue weighted by Gasteiger charge is 2.67. The van der Waals surface area contributed by atoms with Gasteiger partial charge in [0.15, 0.2) is 0 Å². The SMILES string of the molecule is COc1cc(C)cc(C)c1C(O)C1C2C3CCC(C3)C21. The molecule has 3 aliphatic carbocycles. The Morgan fingerprint density at radius 1 is 1.15 bits per heavy atom. The number of benzene rings is 1. The van der Waals surface area contributed by atoms with Gasteiger partial charge in [-0.2, -0.15) is 0 Å². The lowest BCUT2D eigenvalue weighted by Gasteiger charge is -2.21. The van der Waals surface area contributed by atoms with Crippen LogP contribution in [0.5, 0.6) is 5.75 Å². The molecule has 108 valence electrons. The Morgan fingerprint density at radius 2 is 1.80 bits per heavy atom. The number of rotatable bonds is 3. The number of hydrogen-bond donors (Lipinski definition) is 1. The highest BCUT2D eigenvalue weighted by atomic mass is 16.5. The molecule has 0 spiro atoms. The molecule has 3 aliphatic rings. The van der Waals surface area contributed by atoms with E-state index < -0.39 is 0 Å². The summed E-state index contributed by atoms with van der Waals surface area (Å²) in [6.45, 7) is 4.18. The molecule has 1 N–H and O–H groups in total. The monoisotopic (exact) mass is 272 g/mol. The Labute approximate surface area is 121 Å². The summed E-state index contributed by atoms with van der Waals surface area (Å²) >= 11 is 0. The first-order chi connectivity index (χ1) is 9.61. The average Bonchev–Trinajstić information content (AvgIpc) is 2.85. The van der Waals surface area contributed by atoms with Gasteiger partial charge in [0.2, 0.25) is 0 Å². The maximum absolute atomic E-state index is 10.9. The summed E-state index contributed by atoms with van der Waals surface area (Å²) in [5.74, 6) is 4.77. The zero-order chi connectivity index (χ0) is 14.0. The van der Waals surface area contributed by atoms with Gasteiger partial charge < -0.3 is 9.84 Å². The predicted molar refractivity (Wildman–Crippen MR) is 78.7 cm³/mol. The van der Waals surface area contributed by atoms with Crippen LogP contribution in [0.2, 0.25) is 0 Å². The molecule has 3 fully saturated rings. The maximum atomic E-state index is 10.9. The molecule has 1 aromatic carbocycles. The summed E-state index contributed by atoms with van der Waals surface area (Å²) in [5.41, 5.74) is 3.41. The minimum atomic E-state index is -0.330. The van der Waals surface area contributed by atoms with Crippen molar-refractivity contribution < 1.29 is 9.84 Å². The van der Waals surface area contributed by atoms with Crippen molar-refractivity contribution in [2.75, 3.05) is 7.11 Å². The number of aliphatic hydroxyl groups excluding tert-OH is 1. The van der Waals surface area contributed by atoms with Gasteiger partial charge in [0, 0.05) is 5.56 Å².